The standard InChI is InChI=1S/C25H23N7O2/c1-15-24(20(12-26)30-29-15)25-18(16(2)33)7-9-22(28-25)32-14-27-19-11-17(6-8-21(19)32)13-31-10-4-3-5-23(31)34/h6-9,11,14H,3-5,10,13H2,1-2H3,(H,29,30). The third-order valence-corrected chi connectivity index (χ3v) is 6.20. The molecule has 1 fully saturated rings. The van der Waals surface area contributed by atoms with Crippen LogP contribution in [0.25, 0.3) is 28.1 Å². The van der Waals surface area contributed by atoms with Gasteiger partial charge in [0.05, 0.1) is 22.3 Å². The minimum Gasteiger partial charge on any atom is -0.338 e. The zero-order chi connectivity index (χ0) is 23.8. The maximum absolute atomic E-state index is 12.3. The molecule has 1 aliphatic rings. The fourth-order valence-corrected chi connectivity index (χ4v) is 4.45. The Hall–Kier alpha value is -4.32. The number of aryl methyl sites for hydroxylation is 1. The lowest BCUT2D eigenvalue weighted by Gasteiger charge is -2.26. The van der Waals surface area contributed by atoms with Crippen LogP contribution in [0.4, 0.5) is 0 Å². The number of rotatable bonds is 5. The number of likely N-dealkylation sites (tertiary alicyclic amines) is 1. The number of ketones is 1. The number of hydrogen-bond acceptors (Lipinski definition) is 6. The molecule has 1 N–H and O–H groups in total. The molecule has 5 rings (SSSR count). The van der Waals surface area contributed by atoms with Gasteiger partial charge in [-0.25, -0.2) is 9.97 Å². The molecule has 4 heterocycles. The van der Waals surface area contributed by atoms with Crippen molar-refractivity contribution in [3.63, 3.8) is 0 Å². The number of imidazole rings is 1. The van der Waals surface area contributed by atoms with Crippen molar-refractivity contribution in [3.05, 3.63) is 59.2 Å². The van der Waals surface area contributed by atoms with Gasteiger partial charge in [-0.3, -0.25) is 19.3 Å². The first kappa shape index (κ1) is 21.5. The third kappa shape index (κ3) is 3.73. The van der Waals surface area contributed by atoms with E-state index >= 15 is 0 Å². The van der Waals surface area contributed by atoms with Crippen LogP contribution in [0.5, 0.6) is 0 Å². The summed E-state index contributed by atoms with van der Waals surface area (Å²) in [6.07, 6.45) is 4.30. The number of nitrogens with one attached hydrogen (secondary N) is 1. The number of amides is 1. The van der Waals surface area contributed by atoms with Crippen molar-refractivity contribution in [1.82, 2.24) is 29.6 Å². The van der Waals surface area contributed by atoms with Crippen LogP contribution in [0.1, 0.15) is 53.5 Å². The Bertz CT molecular complexity index is 1470. The van der Waals surface area contributed by atoms with Gasteiger partial charge >= 0.3 is 0 Å². The van der Waals surface area contributed by atoms with E-state index in [2.05, 4.69) is 21.3 Å². The fraction of sp³-hybridized carbons (Fsp3) is 0.280. The molecule has 4 aromatic rings. The first-order chi connectivity index (χ1) is 16.5. The summed E-state index contributed by atoms with van der Waals surface area (Å²) in [7, 11) is 0. The molecular formula is C25H23N7O2. The molecule has 34 heavy (non-hydrogen) atoms. The Morgan fingerprint density at radius 3 is 2.85 bits per heavy atom. The van der Waals surface area contributed by atoms with E-state index in [4.69, 9.17) is 4.98 Å². The summed E-state index contributed by atoms with van der Waals surface area (Å²) in [4.78, 5) is 35.7. The van der Waals surface area contributed by atoms with Gasteiger partial charge in [0.2, 0.25) is 5.91 Å². The molecule has 1 amide bonds. The number of aromatic amines is 1. The summed E-state index contributed by atoms with van der Waals surface area (Å²) in [6, 6.07) is 11.5. The third-order valence-electron chi connectivity index (χ3n) is 6.20. The smallest absolute Gasteiger partial charge is 0.222 e. The minimum atomic E-state index is -0.147. The zero-order valence-electron chi connectivity index (χ0n) is 19.0. The molecule has 9 nitrogen and oxygen atoms in total. The van der Waals surface area contributed by atoms with Gasteiger partial charge in [-0.1, -0.05) is 6.07 Å². The molecule has 0 spiro atoms. The van der Waals surface area contributed by atoms with Crippen LogP contribution in [-0.4, -0.2) is 47.9 Å². The lowest BCUT2D eigenvalue weighted by atomic mass is 10.0. The van der Waals surface area contributed by atoms with Gasteiger partial charge < -0.3 is 4.90 Å². The van der Waals surface area contributed by atoms with Crippen LogP contribution < -0.4 is 0 Å². The Morgan fingerprint density at radius 2 is 2.09 bits per heavy atom. The second-order valence-electron chi connectivity index (χ2n) is 8.52. The SMILES string of the molecule is CC(=O)c1ccc(-n2cnc3cc(CN4CCCCC4=O)ccc32)nc1-c1c(C#N)n[nH]c1C. The van der Waals surface area contributed by atoms with Crippen molar-refractivity contribution < 1.29 is 9.59 Å². The summed E-state index contributed by atoms with van der Waals surface area (Å²) in [5.74, 6) is 0.627. The van der Waals surface area contributed by atoms with E-state index in [-0.39, 0.29) is 17.4 Å². The summed E-state index contributed by atoms with van der Waals surface area (Å²) in [6.45, 7) is 4.64. The van der Waals surface area contributed by atoms with Gasteiger partial charge in [0.1, 0.15) is 18.2 Å². The maximum atomic E-state index is 12.3. The van der Waals surface area contributed by atoms with Crippen molar-refractivity contribution in [2.45, 2.75) is 39.7 Å². The van der Waals surface area contributed by atoms with Gasteiger partial charge in [-0.15, -0.1) is 0 Å². The Labute approximate surface area is 196 Å². The van der Waals surface area contributed by atoms with E-state index in [1.165, 1.54) is 6.92 Å². The number of carbonyl (C=O) groups excluding carboxylic acids is 2. The van der Waals surface area contributed by atoms with Crippen molar-refractivity contribution in [3.8, 4) is 23.1 Å². The van der Waals surface area contributed by atoms with Gasteiger partial charge in [-0.05, 0) is 56.5 Å². The highest BCUT2D eigenvalue weighted by atomic mass is 16.2. The predicted octanol–water partition coefficient (Wildman–Crippen LogP) is 3.71. The van der Waals surface area contributed by atoms with Crippen LogP contribution in [0.2, 0.25) is 0 Å². The number of carbonyl (C=O) groups is 2. The molecule has 3 aromatic heterocycles. The molecular weight excluding hydrogens is 430 g/mol. The lowest BCUT2D eigenvalue weighted by Crippen LogP contribution is -2.34. The van der Waals surface area contributed by atoms with E-state index < -0.39 is 0 Å². The molecule has 0 saturated carbocycles. The second-order valence-corrected chi connectivity index (χ2v) is 8.52. The molecule has 170 valence electrons. The molecule has 0 atom stereocenters. The zero-order valence-corrected chi connectivity index (χ0v) is 19.0. The number of piperidine rings is 1. The summed E-state index contributed by atoms with van der Waals surface area (Å²) < 4.78 is 1.85. The molecule has 9 heteroatoms. The van der Waals surface area contributed by atoms with Crippen LogP contribution in [0, 0.1) is 18.3 Å². The van der Waals surface area contributed by atoms with Crippen LogP contribution in [-0.2, 0) is 11.3 Å². The molecule has 0 unspecified atom stereocenters. The summed E-state index contributed by atoms with van der Waals surface area (Å²) in [5.41, 5.74) is 4.88. The second kappa shape index (κ2) is 8.56. The van der Waals surface area contributed by atoms with Crippen molar-refractivity contribution in [2.24, 2.45) is 0 Å². The number of nitrogens with zero attached hydrogens (tertiary/aromatic N) is 6. The highest BCUT2D eigenvalue weighted by Crippen LogP contribution is 2.29. The number of Topliss-reactive ketones (excluding diaryl/α,β-unsaturated/α-hetero) is 1. The highest BCUT2D eigenvalue weighted by Gasteiger charge is 2.21. The largest absolute Gasteiger partial charge is 0.338 e. The molecule has 1 saturated heterocycles. The monoisotopic (exact) mass is 453 g/mol. The van der Waals surface area contributed by atoms with E-state index in [0.717, 1.165) is 36.0 Å². The number of nitriles is 1. The van der Waals surface area contributed by atoms with E-state index in [9.17, 15) is 14.9 Å². The van der Waals surface area contributed by atoms with Gasteiger partial charge in [0, 0.05) is 30.8 Å². The quantitative estimate of drug-likeness (QED) is 0.460. The number of hydrogen-bond donors (Lipinski definition) is 1. The molecule has 0 aliphatic carbocycles. The Balaban J connectivity index is 1.55. The number of H-pyrrole nitrogens is 1. The van der Waals surface area contributed by atoms with Crippen molar-refractivity contribution in [2.75, 3.05) is 6.54 Å². The molecule has 0 radical (unpaired) electrons. The number of benzene rings is 1. The van der Waals surface area contributed by atoms with Gasteiger partial charge in [-0.2, -0.15) is 10.4 Å². The number of aromatic nitrogens is 5. The van der Waals surface area contributed by atoms with Crippen LogP contribution in [0.15, 0.2) is 36.7 Å². The van der Waals surface area contributed by atoms with Crippen LogP contribution in [0.3, 0.4) is 0 Å². The van der Waals surface area contributed by atoms with E-state index in [1.807, 2.05) is 27.7 Å². The van der Waals surface area contributed by atoms with E-state index in [0.29, 0.717) is 41.3 Å². The number of pyridine rings is 1. The predicted molar refractivity (Wildman–Crippen MR) is 125 cm³/mol. The number of fused-ring (bicyclic) bond motifs is 1. The maximum Gasteiger partial charge on any atom is 0.222 e. The molecule has 1 aliphatic heterocycles. The van der Waals surface area contributed by atoms with Gasteiger partial charge in [0.15, 0.2) is 11.5 Å². The van der Waals surface area contributed by atoms with Crippen LogP contribution >= 0.6 is 0 Å². The fourth-order valence-electron chi connectivity index (χ4n) is 4.45. The van der Waals surface area contributed by atoms with Crippen molar-refractivity contribution >= 4 is 22.7 Å². The average Bonchev–Trinajstić information content (AvgIpc) is 3.42. The van der Waals surface area contributed by atoms with E-state index in [1.54, 1.807) is 25.4 Å². The highest BCUT2D eigenvalue weighted by molar-refractivity contribution is 6.00. The normalized spacial score (nSPS) is 13.9. The Kier molecular flexibility index (Phi) is 5.42. The topological polar surface area (TPSA) is 121 Å². The van der Waals surface area contributed by atoms with Crippen molar-refractivity contribution in [1.29, 1.82) is 5.26 Å². The molecule has 1 aromatic carbocycles. The van der Waals surface area contributed by atoms with Gasteiger partial charge in [0.25, 0.3) is 0 Å². The first-order valence-electron chi connectivity index (χ1n) is 11.2. The Morgan fingerprint density at radius 1 is 1.24 bits per heavy atom. The first-order valence-corrected chi connectivity index (χ1v) is 11.2. The summed E-state index contributed by atoms with van der Waals surface area (Å²) >= 11 is 0. The average molecular weight is 454 g/mol. The lowest BCUT2D eigenvalue weighted by molar-refractivity contribution is -0.133. The minimum absolute atomic E-state index is 0.147. The summed E-state index contributed by atoms with van der Waals surface area (Å²) in [5, 5.41) is 16.3. The molecule has 0 bridgehead atoms.